The average Bonchev–Trinajstić information content (AvgIpc) is 3.19. The first kappa shape index (κ1) is 21.1. The van der Waals surface area contributed by atoms with Crippen LogP contribution in [0.1, 0.15) is 28.8 Å². The van der Waals surface area contributed by atoms with E-state index < -0.39 is 10.0 Å². The summed E-state index contributed by atoms with van der Waals surface area (Å²) in [6.45, 7) is 0. The molecule has 0 radical (unpaired) electrons. The van der Waals surface area contributed by atoms with Crippen molar-refractivity contribution in [2.24, 2.45) is 0 Å². The van der Waals surface area contributed by atoms with Gasteiger partial charge in [0.1, 0.15) is 0 Å². The van der Waals surface area contributed by atoms with Gasteiger partial charge in [0.25, 0.3) is 10.0 Å². The highest BCUT2D eigenvalue weighted by Gasteiger charge is 2.24. The molecule has 3 aromatic carbocycles. The third-order valence-electron chi connectivity index (χ3n) is 5.80. The van der Waals surface area contributed by atoms with E-state index in [-0.39, 0.29) is 10.7 Å². The molecule has 0 saturated carbocycles. The van der Waals surface area contributed by atoms with Crippen LogP contribution in [0.3, 0.4) is 0 Å². The molecule has 0 unspecified atom stereocenters. The fraction of sp³-hybridized carbons (Fsp3) is 0.111. The van der Waals surface area contributed by atoms with E-state index in [4.69, 9.17) is 0 Å². The Hall–Kier alpha value is -3.77. The van der Waals surface area contributed by atoms with Gasteiger partial charge in [-0.25, -0.2) is 17.4 Å². The number of carbonyl (C=O) groups is 1. The zero-order chi connectivity index (χ0) is 22.8. The molecule has 164 valence electrons. The Morgan fingerprint density at radius 3 is 2.30 bits per heavy atom. The Balaban J connectivity index is 1.49. The zero-order valence-corrected chi connectivity index (χ0v) is 18.7. The molecule has 6 heteroatoms. The third-order valence-corrected chi connectivity index (χ3v) is 7.51. The standard InChI is InChI=1S/C27H22N2O3S/c30-26(21-10-3-1-4-11-21)15-7-9-20-16-17-25-24(19-20)23-14-8-18-28-27(23)29(25)33(31,32)22-12-5-2-6-13-22/h1-6,8,10-14,16-19H,7,9,15H2. The highest BCUT2D eigenvalue weighted by atomic mass is 32.2. The molecule has 0 fully saturated rings. The van der Waals surface area contributed by atoms with Gasteiger partial charge in [0.05, 0.1) is 10.4 Å². The number of aromatic nitrogens is 2. The summed E-state index contributed by atoms with van der Waals surface area (Å²) in [6.07, 6.45) is 3.52. The molecule has 0 aliphatic carbocycles. The topological polar surface area (TPSA) is 69.0 Å². The molecular formula is C27H22N2O3S. The van der Waals surface area contributed by atoms with Crippen molar-refractivity contribution >= 4 is 37.7 Å². The molecule has 0 aliphatic rings. The van der Waals surface area contributed by atoms with Gasteiger partial charge in [0.15, 0.2) is 11.4 Å². The second-order valence-electron chi connectivity index (χ2n) is 7.95. The van der Waals surface area contributed by atoms with Gasteiger partial charge in [-0.05, 0) is 54.8 Å². The van der Waals surface area contributed by atoms with Gasteiger partial charge in [-0.15, -0.1) is 0 Å². The van der Waals surface area contributed by atoms with E-state index in [1.54, 1.807) is 36.5 Å². The van der Waals surface area contributed by atoms with Crippen molar-refractivity contribution in [3.8, 4) is 0 Å². The number of carbonyl (C=O) groups excluding carboxylic acids is 1. The highest BCUT2D eigenvalue weighted by Crippen LogP contribution is 2.32. The second kappa shape index (κ2) is 8.64. The number of aryl methyl sites for hydroxylation is 1. The van der Waals surface area contributed by atoms with Crippen LogP contribution in [0, 0.1) is 0 Å². The van der Waals surface area contributed by atoms with Crippen molar-refractivity contribution in [3.05, 3.63) is 108 Å². The van der Waals surface area contributed by atoms with Crippen LogP contribution >= 0.6 is 0 Å². The number of rotatable bonds is 7. The normalized spacial score (nSPS) is 11.8. The summed E-state index contributed by atoms with van der Waals surface area (Å²) in [6, 6.07) is 27.2. The summed E-state index contributed by atoms with van der Waals surface area (Å²) in [5.74, 6) is 0.131. The quantitative estimate of drug-likeness (QED) is 0.299. The monoisotopic (exact) mass is 454 g/mol. The Bertz CT molecular complexity index is 1560. The van der Waals surface area contributed by atoms with Crippen LogP contribution in [-0.2, 0) is 16.4 Å². The van der Waals surface area contributed by atoms with E-state index in [1.165, 1.54) is 3.97 Å². The minimum absolute atomic E-state index is 0.131. The first-order chi connectivity index (χ1) is 16.1. The number of hydrogen-bond donors (Lipinski definition) is 0. The molecule has 5 nitrogen and oxygen atoms in total. The van der Waals surface area contributed by atoms with Gasteiger partial charge >= 0.3 is 0 Å². The lowest BCUT2D eigenvalue weighted by Crippen LogP contribution is -2.13. The van der Waals surface area contributed by atoms with Crippen molar-refractivity contribution in [2.75, 3.05) is 0 Å². The smallest absolute Gasteiger partial charge is 0.269 e. The van der Waals surface area contributed by atoms with Crippen LogP contribution in [0.2, 0.25) is 0 Å². The molecule has 0 aliphatic heterocycles. The van der Waals surface area contributed by atoms with E-state index in [9.17, 15) is 13.2 Å². The molecule has 0 spiro atoms. The minimum atomic E-state index is -3.81. The van der Waals surface area contributed by atoms with Crippen LogP contribution in [-0.4, -0.2) is 23.2 Å². The molecule has 0 bridgehead atoms. The number of Topliss-reactive ketones (excluding diaryl/α,β-unsaturated/α-hetero) is 1. The summed E-state index contributed by atoms with van der Waals surface area (Å²) in [5.41, 5.74) is 2.79. The predicted molar refractivity (Wildman–Crippen MR) is 130 cm³/mol. The van der Waals surface area contributed by atoms with Crippen LogP contribution < -0.4 is 0 Å². The van der Waals surface area contributed by atoms with Gasteiger partial charge in [0, 0.05) is 29.0 Å². The summed E-state index contributed by atoms with van der Waals surface area (Å²) in [5, 5.41) is 1.62. The SMILES string of the molecule is O=C(CCCc1ccc2c(c1)c1cccnc1n2S(=O)(=O)c1ccccc1)c1ccccc1. The summed E-state index contributed by atoms with van der Waals surface area (Å²) in [7, 11) is -3.81. The number of hydrogen-bond acceptors (Lipinski definition) is 4. The summed E-state index contributed by atoms with van der Waals surface area (Å²) in [4.78, 5) is 17.0. The lowest BCUT2D eigenvalue weighted by atomic mass is 10.0. The Labute approximate surface area is 192 Å². The van der Waals surface area contributed by atoms with E-state index in [0.29, 0.717) is 17.6 Å². The van der Waals surface area contributed by atoms with Crippen LogP contribution in [0.5, 0.6) is 0 Å². The largest absolute Gasteiger partial charge is 0.294 e. The number of nitrogens with zero attached hydrogens (tertiary/aromatic N) is 2. The summed E-state index contributed by atoms with van der Waals surface area (Å²) >= 11 is 0. The third kappa shape index (κ3) is 3.94. The highest BCUT2D eigenvalue weighted by molar-refractivity contribution is 7.90. The van der Waals surface area contributed by atoms with Crippen molar-refractivity contribution in [1.29, 1.82) is 0 Å². The van der Waals surface area contributed by atoms with Gasteiger partial charge in [-0.1, -0.05) is 54.6 Å². The average molecular weight is 455 g/mol. The lowest BCUT2D eigenvalue weighted by Gasteiger charge is -2.09. The van der Waals surface area contributed by atoms with E-state index in [1.807, 2.05) is 60.7 Å². The maximum atomic E-state index is 13.5. The zero-order valence-electron chi connectivity index (χ0n) is 17.9. The van der Waals surface area contributed by atoms with Gasteiger partial charge in [0.2, 0.25) is 0 Å². The molecule has 33 heavy (non-hydrogen) atoms. The van der Waals surface area contributed by atoms with E-state index in [0.717, 1.165) is 34.7 Å². The van der Waals surface area contributed by atoms with Crippen molar-refractivity contribution < 1.29 is 13.2 Å². The molecule has 0 atom stereocenters. The van der Waals surface area contributed by atoms with Crippen LogP contribution in [0.25, 0.3) is 21.9 Å². The minimum Gasteiger partial charge on any atom is -0.294 e. The van der Waals surface area contributed by atoms with Crippen LogP contribution in [0.15, 0.2) is 102 Å². The molecule has 2 aromatic heterocycles. The van der Waals surface area contributed by atoms with Gasteiger partial charge < -0.3 is 0 Å². The van der Waals surface area contributed by atoms with Gasteiger partial charge in [-0.2, -0.15) is 0 Å². The second-order valence-corrected chi connectivity index (χ2v) is 9.74. The number of pyridine rings is 1. The van der Waals surface area contributed by atoms with Gasteiger partial charge in [-0.3, -0.25) is 4.79 Å². The molecule has 5 rings (SSSR count). The Kier molecular flexibility index (Phi) is 5.52. The lowest BCUT2D eigenvalue weighted by molar-refractivity contribution is 0.0980. The maximum Gasteiger partial charge on any atom is 0.269 e. The van der Waals surface area contributed by atoms with Crippen molar-refractivity contribution in [1.82, 2.24) is 8.96 Å². The molecular weight excluding hydrogens is 432 g/mol. The fourth-order valence-corrected chi connectivity index (χ4v) is 5.68. The Morgan fingerprint density at radius 1 is 0.818 bits per heavy atom. The molecule has 0 saturated heterocycles. The molecule has 5 aromatic rings. The molecule has 2 heterocycles. The van der Waals surface area contributed by atoms with E-state index in [2.05, 4.69) is 4.98 Å². The number of ketones is 1. The van der Waals surface area contributed by atoms with Crippen molar-refractivity contribution in [3.63, 3.8) is 0 Å². The number of fused-ring (bicyclic) bond motifs is 3. The maximum absolute atomic E-state index is 13.5. The first-order valence-corrected chi connectivity index (χ1v) is 12.3. The Morgan fingerprint density at radius 2 is 1.55 bits per heavy atom. The van der Waals surface area contributed by atoms with Crippen molar-refractivity contribution in [2.45, 2.75) is 24.2 Å². The van der Waals surface area contributed by atoms with E-state index >= 15 is 0 Å². The van der Waals surface area contributed by atoms with Crippen LogP contribution in [0.4, 0.5) is 0 Å². The molecule has 0 amide bonds. The fourth-order valence-electron chi connectivity index (χ4n) is 4.18. The first-order valence-electron chi connectivity index (χ1n) is 10.8. The number of benzene rings is 3. The molecule has 0 N–H and O–H groups in total. The summed E-state index contributed by atoms with van der Waals surface area (Å²) < 4.78 is 28.3. The predicted octanol–water partition coefficient (Wildman–Crippen LogP) is 5.63.